The number of allylic oxidation sites excluding steroid dienone is 2. The van der Waals surface area contributed by atoms with E-state index in [2.05, 4.69) is 17.9 Å². The number of carbonyl (C=O) groups is 1. The predicted octanol–water partition coefficient (Wildman–Crippen LogP) is 3.50. The first-order chi connectivity index (χ1) is 9.29. The van der Waals surface area contributed by atoms with Crippen LogP contribution >= 0.6 is 0 Å². The summed E-state index contributed by atoms with van der Waals surface area (Å²) in [7, 11) is 0. The number of ether oxygens (including phenoxy) is 1. The molecular weight excluding hydrogens is 238 g/mol. The lowest BCUT2D eigenvalue weighted by molar-refractivity contribution is -0.146. The molecule has 2 rings (SSSR count). The number of rotatable bonds is 5. The molecule has 0 radical (unpaired) electrons. The fourth-order valence-corrected chi connectivity index (χ4v) is 2.95. The molecule has 1 aliphatic carbocycles. The van der Waals surface area contributed by atoms with Gasteiger partial charge in [0.1, 0.15) is 5.76 Å². The van der Waals surface area contributed by atoms with Crippen LogP contribution < -0.4 is 0 Å². The van der Waals surface area contributed by atoms with Crippen molar-refractivity contribution in [1.29, 1.82) is 0 Å². The van der Waals surface area contributed by atoms with E-state index in [9.17, 15) is 4.79 Å². The average Bonchev–Trinajstić information content (AvgIpc) is 2.46. The van der Waals surface area contributed by atoms with Crippen molar-refractivity contribution >= 4 is 5.97 Å². The molecule has 0 N–H and O–H groups in total. The molecule has 1 fully saturated rings. The summed E-state index contributed by atoms with van der Waals surface area (Å²) in [6.07, 6.45) is 11.1. The van der Waals surface area contributed by atoms with Crippen molar-refractivity contribution < 1.29 is 9.53 Å². The third-order valence-corrected chi connectivity index (χ3v) is 4.15. The number of piperidine rings is 1. The van der Waals surface area contributed by atoms with Crippen LogP contribution in [0.4, 0.5) is 0 Å². The smallest absolute Gasteiger partial charge is 0.315 e. The molecule has 3 nitrogen and oxygen atoms in total. The Morgan fingerprint density at radius 3 is 3.05 bits per heavy atom. The minimum Gasteiger partial charge on any atom is -0.431 e. The van der Waals surface area contributed by atoms with Crippen LogP contribution in [-0.2, 0) is 9.53 Å². The van der Waals surface area contributed by atoms with Gasteiger partial charge in [0.2, 0.25) is 0 Å². The first-order valence-corrected chi connectivity index (χ1v) is 7.92. The number of unbranched alkanes of at least 4 members (excludes halogenated alkanes) is 1. The lowest BCUT2D eigenvalue weighted by Crippen LogP contribution is -2.39. The molecule has 0 amide bonds. The van der Waals surface area contributed by atoms with Crippen molar-refractivity contribution in [3.05, 3.63) is 11.8 Å². The standard InChI is InChI=1S/C16H27NO2/c1-2-3-11-17-12-7-8-14(13-17)16(18)19-15-9-5-4-6-10-15/h9,14H,2-8,10-13H2,1H3. The highest BCUT2D eigenvalue weighted by Gasteiger charge is 2.27. The maximum absolute atomic E-state index is 12.2. The van der Waals surface area contributed by atoms with Crippen LogP contribution in [0.3, 0.4) is 0 Å². The highest BCUT2D eigenvalue weighted by molar-refractivity contribution is 5.74. The van der Waals surface area contributed by atoms with E-state index >= 15 is 0 Å². The fraction of sp³-hybridized carbons (Fsp3) is 0.812. The average molecular weight is 265 g/mol. The van der Waals surface area contributed by atoms with E-state index in [4.69, 9.17) is 4.74 Å². The van der Waals surface area contributed by atoms with E-state index in [1.807, 2.05) is 0 Å². The molecule has 0 aromatic carbocycles. The molecule has 0 aromatic rings. The molecule has 2 aliphatic rings. The van der Waals surface area contributed by atoms with Crippen molar-refractivity contribution in [3.8, 4) is 0 Å². The van der Waals surface area contributed by atoms with Crippen molar-refractivity contribution in [2.24, 2.45) is 5.92 Å². The van der Waals surface area contributed by atoms with E-state index in [1.54, 1.807) is 0 Å². The molecule has 1 heterocycles. The Hall–Kier alpha value is -0.830. The van der Waals surface area contributed by atoms with Crippen LogP contribution in [-0.4, -0.2) is 30.5 Å². The molecule has 0 saturated carbocycles. The molecule has 19 heavy (non-hydrogen) atoms. The zero-order valence-corrected chi connectivity index (χ0v) is 12.2. The number of hydrogen-bond acceptors (Lipinski definition) is 3. The Morgan fingerprint density at radius 1 is 1.42 bits per heavy atom. The summed E-state index contributed by atoms with van der Waals surface area (Å²) in [5.41, 5.74) is 0. The first kappa shape index (κ1) is 14.6. The number of nitrogens with zero attached hydrogens (tertiary/aromatic N) is 1. The van der Waals surface area contributed by atoms with Crippen LogP contribution in [0.1, 0.15) is 58.3 Å². The lowest BCUT2D eigenvalue weighted by Gasteiger charge is -2.31. The van der Waals surface area contributed by atoms with Crippen molar-refractivity contribution in [2.45, 2.75) is 58.3 Å². The fourth-order valence-electron chi connectivity index (χ4n) is 2.95. The normalized spacial score (nSPS) is 24.9. The van der Waals surface area contributed by atoms with Crippen LogP contribution in [0.5, 0.6) is 0 Å². The van der Waals surface area contributed by atoms with E-state index in [1.165, 1.54) is 19.3 Å². The summed E-state index contributed by atoms with van der Waals surface area (Å²) < 4.78 is 5.58. The van der Waals surface area contributed by atoms with Gasteiger partial charge in [0.05, 0.1) is 5.92 Å². The van der Waals surface area contributed by atoms with Crippen molar-refractivity contribution in [1.82, 2.24) is 4.90 Å². The van der Waals surface area contributed by atoms with E-state index < -0.39 is 0 Å². The Labute approximate surface area is 117 Å². The summed E-state index contributed by atoms with van der Waals surface area (Å²) in [6, 6.07) is 0. The summed E-state index contributed by atoms with van der Waals surface area (Å²) in [5, 5.41) is 0. The second-order valence-electron chi connectivity index (χ2n) is 5.83. The zero-order valence-electron chi connectivity index (χ0n) is 12.2. The van der Waals surface area contributed by atoms with Gasteiger partial charge in [-0.2, -0.15) is 0 Å². The van der Waals surface area contributed by atoms with Gasteiger partial charge in [-0.3, -0.25) is 4.79 Å². The molecule has 0 spiro atoms. The molecule has 1 atom stereocenters. The lowest BCUT2D eigenvalue weighted by atomic mass is 9.97. The third kappa shape index (κ3) is 4.64. The van der Waals surface area contributed by atoms with Crippen molar-refractivity contribution in [2.75, 3.05) is 19.6 Å². The Morgan fingerprint density at radius 2 is 2.32 bits per heavy atom. The van der Waals surface area contributed by atoms with Gasteiger partial charge in [0.15, 0.2) is 0 Å². The third-order valence-electron chi connectivity index (χ3n) is 4.15. The Bertz CT molecular complexity index is 325. The second-order valence-corrected chi connectivity index (χ2v) is 5.83. The highest BCUT2D eigenvalue weighted by Crippen LogP contribution is 2.23. The molecule has 3 heteroatoms. The first-order valence-electron chi connectivity index (χ1n) is 7.92. The number of hydrogen-bond donors (Lipinski definition) is 0. The topological polar surface area (TPSA) is 29.5 Å². The summed E-state index contributed by atoms with van der Waals surface area (Å²) in [6.45, 7) is 5.38. The second kappa shape index (κ2) is 7.68. The van der Waals surface area contributed by atoms with Crippen LogP contribution in [0.2, 0.25) is 0 Å². The van der Waals surface area contributed by atoms with Gasteiger partial charge < -0.3 is 9.64 Å². The molecule has 1 saturated heterocycles. The van der Waals surface area contributed by atoms with Gasteiger partial charge in [0, 0.05) is 13.0 Å². The molecule has 0 aromatic heterocycles. The summed E-state index contributed by atoms with van der Waals surface area (Å²) >= 11 is 0. The van der Waals surface area contributed by atoms with E-state index in [0.717, 1.165) is 57.5 Å². The molecule has 1 aliphatic heterocycles. The monoisotopic (exact) mass is 265 g/mol. The Kier molecular flexibility index (Phi) is 5.90. The maximum Gasteiger partial charge on any atom is 0.315 e. The minimum atomic E-state index is 0.00866. The highest BCUT2D eigenvalue weighted by atomic mass is 16.5. The van der Waals surface area contributed by atoms with Gasteiger partial charge >= 0.3 is 5.97 Å². The van der Waals surface area contributed by atoms with Crippen LogP contribution in [0, 0.1) is 5.92 Å². The minimum absolute atomic E-state index is 0.00866. The van der Waals surface area contributed by atoms with Gasteiger partial charge in [-0.05, 0) is 57.7 Å². The summed E-state index contributed by atoms with van der Waals surface area (Å²) in [4.78, 5) is 14.6. The Balaban J connectivity index is 1.79. The molecule has 0 bridgehead atoms. The maximum atomic E-state index is 12.2. The van der Waals surface area contributed by atoms with E-state index in [-0.39, 0.29) is 11.9 Å². The van der Waals surface area contributed by atoms with Crippen LogP contribution in [0.25, 0.3) is 0 Å². The molecule has 1 unspecified atom stereocenters. The van der Waals surface area contributed by atoms with E-state index in [0.29, 0.717) is 0 Å². The largest absolute Gasteiger partial charge is 0.431 e. The van der Waals surface area contributed by atoms with Gasteiger partial charge in [0.25, 0.3) is 0 Å². The number of esters is 1. The van der Waals surface area contributed by atoms with Crippen molar-refractivity contribution in [3.63, 3.8) is 0 Å². The number of carbonyl (C=O) groups excluding carboxylic acids is 1. The SMILES string of the molecule is CCCCN1CCCC(C(=O)OC2=CCCCC2)C1. The van der Waals surface area contributed by atoms with Gasteiger partial charge in [-0.25, -0.2) is 0 Å². The summed E-state index contributed by atoms with van der Waals surface area (Å²) in [5.74, 6) is 1.02. The van der Waals surface area contributed by atoms with Gasteiger partial charge in [-0.15, -0.1) is 0 Å². The quantitative estimate of drug-likeness (QED) is 0.713. The van der Waals surface area contributed by atoms with Gasteiger partial charge in [-0.1, -0.05) is 13.3 Å². The molecular formula is C16H27NO2. The predicted molar refractivity (Wildman–Crippen MR) is 76.7 cm³/mol. The van der Waals surface area contributed by atoms with Crippen LogP contribution in [0.15, 0.2) is 11.8 Å². The zero-order chi connectivity index (χ0) is 13.5. The molecule has 108 valence electrons. The number of likely N-dealkylation sites (tertiary alicyclic amines) is 1.